The number of piperidine rings is 1. The maximum absolute atomic E-state index is 12.5. The zero-order chi connectivity index (χ0) is 14.5. The number of halogens is 1. The molecule has 2 aliphatic rings. The summed E-state index contributed by atoms with van der Waals surface area (Å²) in [4.78, 5) is 27.5. The first-order valence-electron chi connectivity index (χ1n) is 7.47. The van der Waals surface area contributed by atoms with Gasteiger partial charge in [0, 0.05) is 19.6 Å². The van der Waals surface area contributed by atoms with E-state index in [9.17, 15) is 14.7 Å². The summed E-state index contributed by atoms with van der Waals surface area (Å²) in [5.41, 5.74) is 0. The molecule has 0 aromatic heterocycles. The third kappa shape index (κ3) is 4.56. The normalized spacial score (nSPS) is 25.0. The molecule has 6 nitrogen and oxygen atoms in total. The van der Waals surface area contributed by atoms with Crippen molar-refractivity contribution in [3.8, 4) is 0 Å². The van der Waals surface area contributed by atoms with Crippen LogP contribution in [-0.2, 0) is 14.3 Å². The van der Waals surface area contributed by atoms with Crippen molar-refractivity contribution in [3.05, 3.63) is 0 Å². The number of rotatable bonds is 4. The Hall–Kier alpha value is -0.850. The molecule has 0 bridgehead atoms. The van der Waals surface area contributed by atoms with Crippen LogP contribution in [-0.4, -0.2) is 72.2 Å². The van der Waals surface area contributed by atoms with E-state index >= 15 is 0 Å². The number of ether oxygens (including phenoxy) is 1. The van der Waals surface area contributed by atoms with Crippen molar-refractivity contribution in [2.24, 2.45) is 5.92 Å². The molecule has 2 rings (SSSR count). The summed E-state index contributed by atoms with van der Waals surface area (Å²) in [7, 11) is 0. The lowest BCUT2D eigenvalue weighted by Crippen LogP contribution is -2.51. The summed E-state index contributed by atoms with van der Waals surface area (Å²) in [6, 6.07) is -0.463. The molecule has 1 N–H and O–H groups in total. The van der Waals surface area contributed by atoms with Gasteiger partial charge in [-0.25, -0.2) is 0 Å². The highest BCUT2D eigenvalue weighted by Gasteiger charge is 2.34. The fourth-order valence-corrected chi connectivity index (χ4v) is 3.12. The number of carbonyl (C=O) groups excluding carboxylic acids is 1. The Balaban J connectivity index is 0.00000220. The number of carbonyl (C=O) groups is 2. The van der Waals surface area contributed by atoms with Crippen LogP contribution in [0, 0.1) is 5.92 Å². The molecule has 21 heavy (non-hydrogen) atoms. The van der Waals surface area contributed by atoms with Gasteiger partial charge in [0.2, 0.25) is 5.91 Å². The fourth-order valence-electron chi connectivity index (χ4n) is 3.12. The molecule has 1 amide bonds. The summed E-state index contributed by atoms with van der Waals surface area (Å²) >= 11 is 0. The highest BCUT2D eigenvalue weighted by Crippen LogP contribution is 2.22. The van der Waals surface area contributed by atoms with E-state index in [0.29, 0.717) is 39.3 Å². The number of hydrogen-bond acceptors (Lipinski definition) is 4. The number of morpholine rings is 1. The molecule has 0 spiro atoms. The number of likely N-dealkylation sites (tertiary alicyclic amines) is 1. The number of carboxylic acid groups (broad SMARTS) is 1. The third-order valence-electron chi connectivity index (χ3n) is 4.24. The molecule has 2 fully saturated rings. The first-order chi connectivity index (χ1) is 9.63. The van der Waals surface area contributed by atoms with Gasteiger partial charge >= 0.3 is 5.97 Å². The molecule has 2 unspecified atom stereocenters. The van der Waals surface area contributed by atoms with Crippen LogP contribution in [0.5, 0.6) is 0 Å². The van der Waals surface area contributed by atoms with Crippen molar-refractivity contribution < 1.29 is 19.4 Å². The van der Waals surface area contributed by atoms with Gasteiger partial charge in [0.15, 0.2) is 0 Å². The molecule has 0 saturated carbocycles. The summed E-state index contributed by atoms with van der Waals surface area (Å²) in [6.45, 7) is 5.76. The van der Waals surface area contributed by atoms with Gasteiger partial charge in [-0.1, -0.05) is 6.92 Å². The van der Waals surface area contributed by atoms with E-state index in [1.165, 1.54) is 0 Å². The number of hydrogen-bond donors (Lipinski definition) is 1. The summed E-state index contributed by atoms with van der Waals surface area (Å²) in [5, 5.41) is 9.25. The lowest BCUT2D eigenvalue weighted by Gasteiger charge is -2.38. The quantitative estimate of drug-likeness (QED) is 0.831. The Morgan fingerprint density at radius 3 is 2.52 bits per heavy atom. The zero-order valence-corrected chi connectivity index (χ0v) is 13.3. The lowest BCUT2D eigenvalue weighted by atomic mass is 9.94. The minimum atomic E-state index is -0.785. The highest BCUT2D eigenvalue weighted by molar-refractivity contribution is 5.85. The Morgan fingerprint density at radius 1 is 1.29 bits per heavy atom. The average molecular weight is 321 g/mol. The second kappa shape index (κ2) is 8.56. The predicted molar refractivity (Wildman–Crippen MR) is 80.7 cm³/mol. The van der Waals surface area contributed by atoms with Crippen molar-refractivity contribution in [2.45, 2.75) is 32.2 Å². The van der Waals surface area contributed by atoms with Crippen molar-refractivity contribution in [1.82, 2.24) is 9.80 Å². The topological polar surface area (TPSA) is 70.1 Å². The number of amides is 1. The van der Waals surface area contributed by atoms with E-state index < -0.39 is 12.0 Å². The standard InChI is InChI=1S/C14H24N2O4.ClH/c1-2-12(14(18)19)16-5-3-4-11(10-16)13(17)15-6-8-20-9-7-15;/h11-12H,2-10H2,1H3,(H,18,19);1H. The SMILES string of the molecule is CCC(C(=O)O)N1CCCC(C(=O)N2CCOCC2)C1.Cl. The first-order valence-corrected chi connectivity index (χ1v) is 7.47. The Morgan fingerprint density at radius 2 is 1.95 bits per heavy atom. The molecular formula is C14H25ClN2O4. The van der Waals surface area contributed by atoms with Crippen LogP contribution in [0.2, 0.25) is 0 Å². The Bertz CT molecular complexity index is 361. The largest absolute Gasteiger partial charge is 0.480 e. The second-order valence-corrected chi connectivity index (χ2v) is 5.53. The van der Waals surface area contributed by atoms with Crippen LogP contribution in [0.15, 0.2) is 0 Å². The van der Waals surface area contributed by atoms with Gasteiger partial charge in [0.25, 0.3) is 0 Å². The minimum Gasteiger partial charge on any atom is -0.480 e. The number of aliphatic carboxylic acids is 1. The van der Waals surface area contributed by atoms with Gasteiger partial charge < -0.3 is 14.7 Å². The van der Waals surface area contributed by atoms with E-state index in [1.807, 2.05) is 16.7 Å². The van der Waals surface area contributed by atoms with Crippen molar-refractivity contribution >= 4 is 24.3 Å². The number of carboxylic acids is 1. The van der Waals surface area contributed by atoms with Gasteiger partial charge in [-0.15, -0.1) is 12.4 Å². The van der Waals surface area contributed by atoms with E-state index in [-0.39, 0.29) is 24.2 Å². The van der Waals surface area contributed by atoms with Gasteiger partial charge in [-0.2, -0.15) is 0 Å². The maximum atomic E-state index is 12.5. The molecule has 7 heteroatoms. The molecule has 0 aromatic rings. The first kappa shape index (κ1) is 18.2. The molecule has 0 radical (unpaired) electrons. The summed E-state index contributed by atoms with van der Waals surface area (Å²) in [5.74, 6) is -0.680. The van der Waals surface area contributed by atoms with Crippen LogP contribution in [0.4, 0.5) is 0 Å². The molecule has 2 saturated heterocycles. The lowest BCUT2D eigenvalue weighted by molar-refractivity contribution is -0.148. The van der Waals surface area contributed by atoms with Gasteiger partial charge in [-0.3, -0.25) is 14.5 Å². The zero-order valence-electron chi connectivity index (χ0n) is 12.5. The van der Waals surface area contributed by atoms with Crippen LogP contribution < -0.4 is 0 Å². The fraction of sp³-hybridized carbons (Fsp3) is 0.857. The van der Waals surface area contributed by atoms with Crippen LogP contribution in [0.25, 0.3) is 0 Å². The summed E-state index contributed by atoms with van der Waals surface area (Å²) < 4.78 is 5.26. The minimum absolute atomic E-state index is 0. The highest BCUT2D eigenvalue weighted by atomic mass is 35.5. The summed E-state index contributed by atoms with van der Waals surface area (Å²) in [6.07, 6.45) is 2.33. The van der Waals surface area contributed by atoms with E-state index in [1.54, 1.807) is 0 Å². The van der Waals surface area contributed by atoms with Crippen molar-refractivity contribution in [1.29, 1.82) is 0 Å². The molecule has 122 valence electrons. The van der Waals surface area contributed by atoms with Crippen LogP contribution in [0.1, 0.15) is 26.2 Å². The second-order valence-electron chi connectivity index (χ2n) is 5.53. The Labute approximate surface area is 131 Å². The van der Waals surface area contributed by atoms with Crippen molar-refractivity contribution in [2.75, 3.05) is 39.4 Å². The van der Waals surface area contributed by atoms with Crippen LogP contribution in [0.3, 0.4) is 0 Å². The average Bonchev–Trinajstić information content (AvgIpc) is 2.48. The molecule has 0 aromatic carbocycles. The predicted octanol–water partition coefficient (Wildman–Crippen LogP) is 0.842. The monoisotopic (exact) mass is 320 g/mol. The third-order valence-corrected chi connectivity index (χ3v) is 4.24. The molecule has 2 aliphatic heterocycles. The number of nitrogens with zero attached hydrogens (tertiary/aromatic N) is 2. The Kier molecular flexibility index (Phi) is 7.42. The van der Waals surface area contributed by atoms with E-state index in [4.69, 9.17) is 4.74 Å². The van der Waals surface area contributed by atoms with E-state index in [2.05, 4.69) is 0 Å². The van der Waals surface area contributed by atoms with Gasteiger partial charge in [0.1, 0.15) is 6.04 Å². The smallest absolute Gasteiger partial charge is 0.320 e. The van der Waals surface area contributed by atoms with E-state index in [0.717, 1.165) is 19.4 Å². The maximum Gasteiger partial charge on any atom is 0.320 e. The molecule has 2 heterocycles. The van der Waals surface area contributed by atoms with Crippen molar-refractivity contribution in [3.63, 3.8) is 0 Å². The molecule has 0 aliphatic carbocycles. The van der Waals surface area contributed by atoms with Crippen LogP contribution >= 0.6 is 12.4 Å². The molecule has 2 atom stereocenters. The van der Waals surface area contributed by atoms with Gasteiger partial charge in [-0.05, 0) is 25.8 Å². The van der Waals surface area contributed by atoms with Gasteiger partial charge in [0.05, 0.1) is 19.1 Å². The molecular weight excluding hydrogens is 296 g/mol.